The van der Waals surface area contributed by atoms with E-state index in [0.29, 0.717) is 11.6 Å². The molecule has 2 N–H and O–H groups in total. The number of aromatic carboxylic acids is 1. The highest BCUT2D eigenvalue weighted by Gasteiger charge is 2.10. The summed E-state index contributed by atoms with van der Waals surface area (Å²) in [4.78, 5) is 19.0. The molecule has 0 atom stereocenters. The molecule has 6 heteroatoms. The van der Waals surface area contributed by atoms with Crippen LogP contribution in [0.4, 0.5) is 11.6 Å². The average Bonchev–Trinajstić information content (AvgIpc) is 2.32. The van der Waals surface area contributed by atoms with Crippen LogP contribution in [0.1, 0.15) is 21.6 Å². The third-order valence-electron chi connectivity index (χ3n) is 2.58. The summed E-state index contributed by atoms with van der Waals surface area (Å²) >= 11 is 3.45. The fraction of sp³-hybridized carbons (Fsp3) is 0.154. The van der Waals surface area contributed by atoms with Crippen LogP contribution in [0.2, 0.25) is 0 Å². The lowest BCUT2D eigenvalue weighted by atomic mass is 10.2. The van der Waals surface area contributed by atoms with E-state index in [9.17, 15) is 4.79 Å². The number of aryl methyl sites for hydroxylation is 2. The minimum Gasteiger partial charge on any atom is -0.478 e. The Balaban J connectivity index is 2.29. The van der Waals surface area contributed by atoms with E-state index in [1.54, 1.807) is 6.92 Å². The van der Waals surface area contributed by atoms with E-state index in [1.807, 2.05) is 25.1 Å². The van der Waals surface area contributed by atoms with E-state index in [4.69, 9.17) is 5.11 Å². The van der Waals surface area contributed by atoms with E-state index >= 15 is 0 Å². The number of benzene rings is 1. The second kappa shape index (κ2) is 5.36. The highest BCUT2D eigenvalue weighted by molar-refractivity contribution is 9.10. The van der Waals surface area contributed by atoms with Crippen molar-refractivity contribution >= 4 is 33.5 Å². The number of carboxylic acid groups (broad SMARTS) is 1. The molecule has 0 bridgehead atoms. The lowest BCUT2D eigenvalue weighted by molar-refractivity contribution is 0.0695. The van der Waals surface area contributed by atoms with Crippen LogP contribution >= 0.6 is 15.9 Å². The molecule has 0 aliphatic carbocycles. The van der Waals surface area contributed by atoms with Crippen molar-refractivity contribution in [2.75, 3.05) is 5.32 Å². The van der Waals surface area contributed by atoms with Crippen LogP contribution in [-0.4, -0.2) is 21.0 Å². The van der Waals surface area contributed by atoms with Crippen molar-refractivity contribution in [2.45, 2.75) is 13.8 Å². The Morgan fingerprint density at radius 2 is 2.11 bits per heavy atom. The summed E-state index contributed by atoms with van der Waals surface area (Å²) in [5, 5.41) is 12.0. The van der Waals surface area contributed by atoms with E-state index in [1.165, 1.54) is 6.20 Å². The summed E-state index contributed by atoms with van der Waals surface area (Å²) in [5.41, 5.74) is 2.49. The number of nitrogens with zero attached hydrogens (tertiary/aromatic N) is 2. The fourth-order valence-electron chi connectivity index (χ4n) is 1.58. The summed E-state index contributed by atoms with van der Waals surface area (Å²) in [6.45, 7) is 3.64. The quantitative estimate of drug-likeness (QED) is 0.907. The number of hydrogen-bond donors (Lipinski definition) is 2. The summed E-state index contributed by atoms with van der Waals surface area (Å²) < 4.78 is 0.899. The van der Waals surface area contributed by atoms with E-state index < -0.39 is 5.97 Å². The van der Waals surface area contributed by atoms with Crippen LogP contribution in [0, 0.1) is 13.8 Å². The molecular weight excluding hydrogens is 310 g/mol. The molecule has 2 rings (SSSR count). The average molecular weight is 322 g/mol. The topological polar surface area (TPSA) is 75.1 Å². The minimum absolute atomic E-state index is 0.105. The molecule has 0 amide bonds. The lowest BCUT2D eigenvalue weighted by Crippen LogP contribution is -2.06. The number of hydrogen-bond acceptors (Lipinski definition) is 4. The number of nitrogens with one attached hydrogen (secondary N) is 1. The monoisotopic (exact) mass is 321 g/mol. The number of halogens is 1. The Bertz CT molecular complexity index is 644. The van der Waals surface area contributed by atoms with Gasteiger partial charge < -0.3 is 10.4 Å². The molecule has 0 unspecified atom stereocenters. The van der Waals surface area contributed by atoms with Gasteiger partial charge in [-0.25, -0.2) is 14.8 Å². The number of rotatable bonds is 3. The molecule has 0 spiro atoms. The number of anilines is 2. The van der Waals surface area contributed by atoms with Gasteiger partial charge in [0.2, 0.25) is 5.95 Å². The molecule has 0 saturated carbocycles. The summed E-state index contributed by atoms with van der Waals surface area (Å²) in [7, 11) is 0. The SMILES string of the molecule is Cc1ccc(Nc2ncc(C(=O)O)c(C)n2)c(Br)c1. The standard InChI is InChI=1S/C13H12BrN3O2/c1-7-3-4-11(10(14)5-7)17-13-15-6-9(12(18)19)8(2)16-13/h3-6H,1-2H3,(H,18,19)(H,15,16,17). The Morgan fingerprint density at radius 3 is 2.68 bits per heavy atom. The van der Waals surface area contributed by atoms with Crippen molar-refractivity contribution in [3.05, 3.63) is 45.7 Å². The van der Waals surface area contributed by atoms with Crippen molar-refractivity contribution in [1.82, 2.24) is 9.97 Å². The van der Waals surface area contributed by atoms with Crippen molar-refractivity contribution in [3.63, 3.8) is 0 Å². The maximum Gasteiger partial charge on any atom is 0.339 e. The molecule has 1 aromatic carbocycles. The Morgan fingerprint density at radius 1 is 1.37 bits per heavy atom. The van der Waals surface area contributed by atoms with Crippen LogP contribution in [0.3, 0.4) is 0 Å². The van der Waals surface area contributed by atoms with E-state index in [0.717, 1.165) is 15.7 Å². The molecule has 5 nitrogen and oxygen atoms in total. The number of carboxylic acids is 1. The van der Waals surface area contributed by atoms with E-state index in [-0.39, 0.29) is 5.56 Å². The van der Waals surface area contributed by atoms with Gasteiger partial charge in [0.1, 0.15) is 0 Å². The highest BCUT2D eigenvalue weighted by Crippen LogP contribution is 2.25. The third kappa shape index (κ3) is 3.08. The van der Waals surface area contributed by atoms with Crippen LogP contribution in [-0.2, 0) is 0 Å². The van der Waals surface area contributed by atoms with Gasteiger partial charge in [0.15, 0.2) is 0 Å². The van der Waals surface area contributed by atoms with Gasteiger partial charge in [0.05, 0.1) is 16.9 Å². The Labute approximate surface area is 118 Å². The fourth-order valence-corrected chi connectivity index (χ4v) is 2.17. The largest absolute Gasteiger partial charge is 0.478 e. The summed E-state index contributed by atoms with van der Waals surface area (Å²) in [6, 6.07) is 5.84. The van der Waals surface area contributed by atoms with E-state index in [2.05, 4.69) is 31.2 Å². The number of aromatic nitrogens is 2. The van der Waals surface area contributed by atoms with Gasteiger partial charge in [-0.15, -0.1) is 0 Å². The van der Waals surface area contributed by atoms with Crippen LogP contribution in [0.5, 0.6) is 0 Å². The first kappa shape index (κ1) is 13.5. The Kier molecular flexibility index (Phi) is 3.80. The molecule has 98 valence electrons. The predicted molar refractivity (Wildman–Crippen MR) is 75.9 cm³/mol. The molecule has 1 aromatic heterocycles. The maximum atomic E-state index is 10.9. The first-order valence-corrected chi connectivity index (χ1v) is 6.37. The summed E-state index contributed by atoms with van der Waals surface area (Å²) in [6.07, 6.45) is 1.30. The molecule has 0 aliphatic heterocycles. The van der Waals surface area contributed by atoms with Crippen LogP contribution in [0.15, 0.2) is 28.9 Å². The molecule has 0 aliphatic rings. The van der Waals surface area contributed by atoms with Gasteiger partial charge >= 0.3 is 5.97 Å². The smallest absolute Gasteiger partial charge is 0.339 e. The second-order valence-corrected chi connectivity index (χ2v) is 4.96. The first-order chi connectivity index (χ1) is 8.97. The first-order valence-electron chi connectivity index (χ1n) is 5.57. The van der Waals surface area contributed by atoms with Crippen molar-refractivity contribution in [2.24, 2.45) is 0 Å². The highest BCUT2D eigenvalue weighted by atomic mass is 79.9. The third-order valence-corrected chi connectivity index (χ3v) is 3.24. The molecular formula is C13H12BrN3O2. The predicted octanol–water partition coefficient (Wildman–Crippen LogP) is 3.30. The van der Waals surface area contributed by atoms with Crippen molar-refractivity contribution in [1.29, 1.82) is 0 Å². The lowest BCUT2D eigenvalue weighted by Gasteiger charge is -2.09. The maximum absolute atomic E-state index is 10.9. The second-order valence-electron chi connectivity index (χ2n) is 4.11. The Hall–Kier alpha value is -1.95. The van der Waals surface area contributed by atoms with Gasteiger partial charge in [-0.1, -0.05) is 6.07 Å². The van der Waals surface area contributed by atoms with Gasteiger partial charge in [-0.3, -0.25) is 0 Å². The van der Waals surface area contributed by atoms with Gasteiger partial charge in [0.25, 0.3) is 0 Å². The molecule has 1 heterocycles. The minimum atomic E-state index is -1.03. The number of carbonyl (C=O) groups is 1. The van der Waals surface area contributed by atoms with Crippen molar-refractivity contribution < 1.29 is 9.90 Å². The van der Waals surface area contributed by atoms with Crippen LogP contribution < -0.4 is 5.32 Å². The van der Waals surface area contributed by atoms with Gasteiger partial charge in [-0.05, 0) is 47.5 Å². The summed E-state index contributed by atoms with van der Waals surface area (Å²) in [5.74, 6) is -0.660. The van der Waals surface area contributed by atoms with Gasteiger partial charge in [0, 0.05) is 10.7 Å². The van der Waals surface area contributed by atoms with Gasteiger partial charge in [-0.2, -0.15) is 0 Å². The zero-order valence-electron chi connectivity index (χ0n) is 10.4. The zero-order valence-corrected chi connectivity index (χ0v) is 12.0. The normalized spacial score (nSPS) is 10.3. The van der Waals surface area contributed by atoms with Crippen LogP contribution in [0.25, 0.3) is 0 Å². The zero-order chi connectivity index (χ0) is 14.0. The molecule has 19 heavy (non-hydrogen) atoms. The van der Waals surface area contributed by atoms with Crippen molar-refractivity contribution in [3.8, 4) is 0 Å². The molecule has 2 aromatic rings. The molecule has 0 saturated heterocycles. The molecule has 0 radical (unpaired) electrons. The molecule has 0 fully saturated rings.